The molecule has 13 heteroatoms. The lowest BCUT2D eigenvalue weighted by molar-refractivity contribution is -0.393. The van der Waals surface area contributed by atoms with Crippen molar-refractivity contribution in [1.82, 2.24) is 0 Å². The summed E-state index contributed by atoms with van der Waals surface area (Å²) < 4.78 is 5.12. The number of non-ortho nitro benzene ring substituents is 1. The monoisotopic (exact) mass is 528 g/mol. The summed E-state index contributed by atoms with van der Waals surface area (Å²) in [5.74, 6) is 0.586. The number of rotatable bonds is 10. The Kier molecular flexibility index (Phi) is 7.71. The first-order chi connectivity index (χ1) is 18.7. The second-order valence-electron chi connectivity index (χ2n) is 8.01. The molecule has 0 bridgehead atoms. The van der Waals surface area contributed by atoms with Gasteiger partial charge in [0.25, 0.3) is 17.1 Å². The van der Waals surface area contributed by atoms with E-state index in [9.17, 15) is 30.3 Å². The summed E-state index contributed by atoms with van der Waals surface area (Å²) in [5.41, 5.74) is 0.638. The van der Waals surface area contributed by atoms with Crippen molar-refractivity contribution in [2.24, 2.45) is 4.99 Å². The Labute approximate surface area is 220 Å². The molecule has 13 nitrogen and oxygen atoms in total. The van der Waals surface area contributed by atoms with Gasteiger partial charge in [0.2, 0.25) is 0 Å². The Morgan fingerprint density at radius 2 is 1.38 bits per heavy atom. The van der Waals surface area contributed by atoms with Crippen LogP contribution in [-0.4, -0.2) is 28.1 Å². The number of nitrogens with zero attached hydrogens (tertiary/aromatic N) is 4. The SMILES string of the molecule is COc1ccc(Nc2cc(Nc3ccccc3N=Cc3cccc([N+](=O)[O-])c3)c([N+](=O)[O-])cc2[N+](=O)[O-])cc1. The summed E-state index contributed by atoms with van der Waals surface area (Å²) in [6, 6.07) is 21.3. The standard InChI is InChI=1S/C26H20N6O7/c1-39-20-11-9-18(10-12-20)28-23-14-24(26(32(37)38)15-25(23)31(35)36)29-22-8-3-2-7-21(22)27-16-17-5-4-6-19(13-17)30(33)34/h2-16,28-29H,1H3. The number of anilines is 4. The third-order valence-corrected chi connectivity index (χ3v) is 5.48. The Hall–Kier alpha value is -5.85. The minimum atomic E-state index is -0.721. The first-order valence-corrected chi connectivity index (χ1v) is 11.3. The van der Waals surface area contributed by atoms with Crippen LogP contribution in [0.2, 0.25) is 0 Å². The Morgan fingerprint density at radius 1 is 0.718 bits per heavy atom. The van der Waals surface area contributed by atoms with Crippen LogP contribution < -0.4 is 15.4 Å². The minimum Gasteiger partial charge on any atom is -0.497 e. The van der Waals surface area contributed by atoms with E-state index >= 15 is 0 Å². The third-order valence-electron chi connectivity index (χ3n) is 5.48. The van der Waals surface area contributed by atoms with Crippen LogP contribution in [0.4, 0.5) is 45.5 Å². The zero-order chi connectivity index (χ0) is 27.9. The quantitative estimate of drug-likeness (QED) is 0.129. The fraction of sp³-hybridized carbons (Fsp3) is 0.0385. The second-order valence-corrected chi connectivity index (χ2v) is 8.01. The molecule has 4 aromatic rings. The lowest BCUT2D eigenvalue weighted by atomic mass is 10.1. The summed E-state index contributed by atoms with van der Waals surface area (Å²) in [6.45, 7) is 0. The maximum atomic E-state index is 11.8. The van der Waals surface area contributed by atoms with Gasteiger partial charge < -0.3 is 15.4 Å². The van der Waals surface area contributed by atoms with Crippen LogP contribution in [-0.2, 0) is 0 Å². The van der Waals surface area contributed by atoms with Crippen molar-refractivity contribution >= 4 is 51.7 Å². The molecule has 39 heavy (non-hydrogen) atoms. The number of ether oxygens (including phenoxy) is 1. The summed E-state index contributed by atoms with van der Waals surface area (Å²) >= 11 is 0. The van der Waals surface area contributed by atoms with Gasteiger partial charge in [-0.15, -0.1) is 0 Å². The molecule has 0 aliphatic carbocycles. The van der Waals surface area contributed by atoms with Gasteiger partial charge in [-0.1, -0.05) is 24.3 Å². The zero-order valence-corrected chi connectivity index (χ0v) is 20.3. The number of nitro groups is 3. The maximum Gasteiger partial charge on any atom is 0.299 e. The van der Waals surface area contributed by atoms with Crippen molar-refractivity contribution in [1.29, 1.82) is 0 Å². The van der Waals surface area contributed by atoms with Crippen molar-refractivity contribution in [2.75, 3.05) is 17.7 Å². The molecule has 196 valence electrons. The van der Waals surface area contributed by atoms with Crippen LogP contribution >= 0.6 is 0 Å². The Bertz CT molecular complexity index is 1590. The fourth-order valence-corrected chi connectivity index (χ4v) is 3.61. The van der Waals surface area contributed by atoms with Crippen LogP contribution in [0.25, 0.3) is 0 Å². The lowest BCUT2D eigenvalue weighted by Gasteiger charge is -2.13. The van der Waals surface area contributed by atoms with Crippen LogP contribution in [0.1, 0.15) is 5.56 Å². The molecule has 0 aliphatic rings. The highest BCUT2D eigenvalue weighted by Crippen LogP contribution is 2.40. The number of aliphatic imine (C=N–C) groups is 1. The number of hydrogen-bond donors (Lipinski definition) is 2. The third kappa shape index (κ3) is 6.29. The highest BCUT2D eigenvalue weighted by molar-refractivity contribution is 5.88. The molecule has 0 saturated heterocycles. The van der Waals surface area contributed by atoms with Crippen LogP contribution in [0, 0.1) is 30.3 Å². The first kappa shape index (κ1) is 26.2. The normalized spacial score (nSPS) is 10.7. The number of nitro benzene ring substituents is 3. The molecule has 0 radical (unpaired) electrons. The van der Waals surface area contributed by atoms with E-state index in [0.717, 1.165) is 6.07 Å². The zero-order valence-electron chi connectivity index (χ0n) is 20.3. The van der Waals surface area contributed by atoms with Crippen LogP contribution in [0.15, 0.2) is 89.9 Å². The van der Waals surface area contributed by atoms with E-state index in [1.165, 1.54) is 37.6 Å². The molecule has 0 saturated carbocycles. The first-order valence-electron chi connectivity index (χ1n) is 11.3. The molecule has 0 spiro atoms. The van der Waals surface area contributed by atoms with E-state index in [4.69, 9.17) is 4.74 Å². The molecule has 4 aromatic carbocycles. The van der Waals surface area contributed by atoms with Crippen molar-refractivity contribution in [3.8, 4) is 5.75 Å². The van der Waals surface area contributed by atoms with Gasteiger partial charge in [0.05, 0.1) is 39.3 Å². The molecule has 4 rings (SSSR count). The average molecular weight is 528 g/mol. The highest BCUT2D eigenvalue weighted by atomic mass is 16.6. The Balaban J connectivity index is 1.71. The Morgan fingerprint density at radius 3 is 2.03 bits per heavy atom. The number of hydrogen-bond acceptors (Lipinski definition) is 10. The van der Waals surface area contributed by atoms with E-state index in [2.05, 4.69) is 15.6 Å². The number of nitrogens with one attached hydrogen (secondary N) is 2. The van der Waals surface area contributed by atoms with Gasteiger partial charge in [0, 0.05) is 24.0 Å². The second kappa shape index (κ2) is 11.5. The van der Waals surface area contributed by atoms with E-state index in [1.54, 1.807) is 54.6 Å². The molecular formula is C26H20N6O7. The number of methoxy groups -OCH3 is 1. The molecule has 2 N–H and O–H groups in total. The molecule has 0 fully saturated rings. The van der Waals surface area contributed by atoms with Gasteiger partial charge in [-0.3, -0.25) is 35.3 Å². The van der Waals surface area contributed by atoms with Gasteiger partial charge in [-0.25, -0.2) is 0 Å². The summed E-state index contributed by atoms with van der Waals surface area (Å²) in [6.07, 6.45) is 1.43. The highest BCUT2D eigenvalue weighted by Gasteiger charge is 2.25. The predicted molar refractivity (Wildman–Crippen MR) is 146 cm³/mol. The fourth-order valence-electron chi connectivity index (χ4n) is 3.61. The molecule has 0 aromatic heterocycles. The average Bonchev–Trinajstić information content (AvgIpc) is 2.93. The van der Waals surface area contributed by atoms with Crippen molar-refractivity contribution in [3.63, 3.8) is 0 Å². The van der Waals surface area contributed by atoms with Gasteiger partial charge in [-0.2, -0.15) is 0 Å². The largest absolute Gasteiger partial charge is 0.497 e. The summed E-state index contributed by atoms with van der Waals surface area (Å²) in [5, 5.41) is 40.5. The lowest BCUT2D eigenvalue weighted by Crippen LogP contribution is -2.03. The van der Waals surface area contributed by atoms with E-state index < -0.39 is 26.1 Å². The van der Waals surface area contributed by atoms with Gasteiger partial charge >= 0.3 is 0 Å². The molecule has 0 unspecified atom stereocenters. The van der Waals surface area contributed by atoms with Gasteiger partial charge in [0.15, 0.2) is 0 Å². The van der Waals surface area contributed by atoms with Crippen molar-refractivity contribution in [3.05, 3.63) is 121 Å². The van der Waals surface area contributed by atoms with Gasteiger partial charge in [-0.05, 0) is 48.0 Å². The maximum absolute atomic E-state index is 11.8. The molecular weight excluding hydrogens is 508 g/mol. The van der Waals surface area contributed by atoms with E-state index in [-0.39, 0.29) is 17.1 Å². The predicted octanol–water partition coefficient (Wildman–Crippen LogP) is 6.66. The van der Waals surface area contributed by atoms with E-state index in [0.29, 0.717) is 28.4 Å². The van der Waals surface area contributed by atoms with Crippen LogP contribution in [0.5, 0.6) is 5.75 Å². The molecule has 0 atom stereocenters. The molecule has 0 aliphatic heterocycles. The smallest absolute Gasteiger partial charge is 0.299 e. The number of para-hydroxylation sites is 2. The molecule has 0 amide bonds. The van der Waals surface area contributed by atoms with Gasteiger partial charge in [0.1, 0.15) is 17.1 Å². The van der Waals surface area contributed by atoms with Crippen molar-refractivity contribution in [2.45, 2.75) is 0 Å². The number of benzene rings is 4. The van der Waals surface area contributed by atoms with Crippen LogP contribution in [0.3, 0.4) is 0 Å². The summed E-state index contributed by atoms with van der Waals surface area (Å²) in [4.78, 5) is 37.1. The summed E-state index contributed by atoms with van der Waals surface area (Å²) in [7, 11) is 1.51. The topological polar surface area (TPSA) is 175 Å². The van der Waals surface area contributed by atoms with E-state index in [1.807, 2.05) is 0 Å². The molecule has 0 heterocycles. The van der Waals surface area contributed by atoms with Crippen molar-refractivity contribution < 1.29 is 19.5 Å². The minimum absolute atomic E-state index is 0.0142.